The van der Waals surface area contributed by atoms with Gasteiger partial charge < -0.3 is 16.8 Å². The van der Waals surface area contributed by atoms with Gasteiger partial charge in [-0.3, -0.25) is 9.59 Å². The summed E-state index contributed by atoms with van der Waals surface area (Å²) in [7, 11) is 0. The van der Waals surface area contributed by atoms with E-state index in [2.05, 4.69) is 5.32 Å². The molecule has 0 saturated heterocycles. The maximum absolute atomic E-state index is 11.1. The van der Waals surface area contributed by atoms with Crippen LogP contribution >= 0.6 is 0 Å². The zero-order chi connectivity index (χ0) is 12.0. The number of nitrogens with two attached hydrogens (primary N) is 2. The Morgan fingerprint density at radius 3 is 2.38 bits per heavy atom. The van der Waals surface area contributed by atoms with Crippen molar-refractivity contribution in [2.45, 2.75) is 12.5 Å². The first kappa shape index (κ1) is 12.2. The third-order valence-corrected chi connectivity index (χ3v) is 2.15. The van der Waals surface area contributed by atoms with E-state index >= 15 is 0 Å². The summed E-state index contributed by atoms with van der Waals surface area (Å²) in [5, 5.41) is 2.48. The van der Waals surface area contributed by atoms with Crippen LogP contribution in [-0.2, 0) is 16.0 Å². The van der Waals surface area contributed by atoms with Crippen molar-refractivity contribution in [3.63, 3.8) is 0 Å². The maximum Gasteiger partial charge on any atom is 0.240 e. The summed E-state index contributed by atoms with van der Waals surface area (Å²) in [6.07, 6.45) is 0.377. The maximum atomic E-state index is 11.1. The van der Waals surface area contributed by atoms with Crippen molar-refractivity contribution in [2.24, 2.45) is 11.5 Å². The van der Waals surface area contributed by atoms with Gasteiger partial charge in [-0.2, -0.15) is 0 Å². The van der Waals surface area contributed by atoms with Crippen LogP contribution in [0.4, 0.5) is 0 Å². The van der Waals surface area contributed by atoms with Crippen LogP contribution in [0.15, 0.2) is 30.3 Å². The van der Waals surface area contributed by atoms with Gasteiger partial charge in [-0.05, 0) is 5.56 Å². The summed E-state index contributed by atoms with van der Waals surface area (Å²) in [4.78, 5) is 22.2. The molecule has 0 spiro atoms. The van der Waals surface area contributed by atoms with Gasteiger partial charge in [0.1, 0.15) is 6.04 Å². The van der Waals surface area contributed by atoms with E-state index < -0.39 is 11.9 Å². The van der Waals surface area contributed by atoms with Crippen LogP contribution in [0, 0.1) is 0 Å². The lowest BCUT2D eigenvalue weighted by Gasteiger charge is -2.14. The Balaban J connectivity index is 2.65. The van der Waals surface area contributed by atoms with Crippen LogP contribution in [0.1, 0.15) is 5.56 Å². The third kappa shape index (κ3) is 3.70. The molecule has 0 fully saturated rings. The molecule has 0 heterocycles. The molecule has 16 heavy (non-hydrogen) atoms. The fraction of sp³-hybridized carbons (Fsp3) is 0.273. The molecule has 5 N–H and O–H groups in total. The summed E-state index contributed by atoms with van der Waals surface area (Å²) in [5.41, 5.74) is 11.3. The highest BCUT2D eigenvalue weighted by molar-refractivity contribution is 5.87. The molecule has 2 amide bonds. The van der Waals surface area contributed by atoms with Gasteiger partial charge in [0.15, 0.2) is 0 Å². The molecule has 1 unspecified atom stereocenters. The molecule has 0 aromatic heterocycles. The lowest BCUT2D eigenvalue weighted by molar-refractivity contribution is -0.126. The molecule has 1 rings (SSSR count). The van der Waals surface area contributed by atoms with Crippen LogP contribution in [0.5, 0.6) is 0 Å². The highest BCUT2D eigenvalue weighted by Crippen LogP contribution is 2.02. The van der Waals surface area contributed by atoms with E-state index in [0.717, 1.165) is 5.56 Å². The van der Waals surface area contributed by atoms with E-state index in [4.69, 9.17) is 11.5 Å². The molecular weight excluding hydrogens is 206 g/mol. The SMILES string of the molecule is NCC(=O)NC(Cc1ccccc1)C(N)=O. The Morgan fingerprint density at radius 2 is 1.88 bits per heavy atom. The van der Waals surface area contributed by atoms with Crippen molar-refractivity contribution >= 4 is 11.8 Å². The predicted octanol–water partition coefficient (Wildman–Crippen LogP) is -0.842. The van der Waals surface area contributed by atoms with Gasteiger partial charge in [-0.25, -0.2) is 0 Å². The first-order valence-corrected chi connectivity index (χ1v) is 4.96. The van der Waals surface area contributed by atoms with Gasteiger partial charge >= 0.3 is 0 Å². The molecule has 5 nitrogen and oxygen atoms in total. The minimum Gasteiger partial charge on any atom is -0.368 e. The number of hydrogen-bond donors (Lipinski definition) is 3. The minimum absolute atomic E-state index is 0.154. The van der Waals surface area contributed by atoms with Crippen molar-refractivity contribution in [3.05, 3.63) is 35.9 Å². The van der Waals surface area contributed by atoms with Crippen LogP contribution < -0.4 is 16.8 Å². The lowest BCUT2D eigenvalue weighted by Crippen LogP contribution is -2.47. The van der Waals surface area contributed by atoms with Gasteiger partial charge in [-0.1, -0.05) is 30.3 Å². The van der Waals surface area contributed by atoms with Crippen molar-refractivity contribution in [1.82, 2.24) is 5.32 Å². The summed E-state index contributed by atoms with van der Waals surface area (Å²) in [6, 6.07) is 8.62. The molecule has 1 aromatic rings. The van der Waals surface area contributed by atoms with E-state index in [-0.39, 0.29) is 12.5 Å². The fourth-order valence-electron chi connectivity index (χ4n) is 1.33. The second kappa shape index (κ2) is 5.87. The number of benzene rings is 1. The van der Waals surface area contributed by atoms with Gasteiger partial charge in [-0.15, -0.1) is 0 Å². The number of rotatable bonds is 5. The number of hydrogen-bond acceptors (Lipinski definition) is 3. The monoisotopic (exact) mass is 221 g/mol. The zero-order valence-electron chi connectivity index (χ0n) is 8.85. The number of nitrogens with one attached hydrogen (secondary N) is 1. The van der Waals surface area contributed by atoms with Gasteiger partial charge in [0.2, 0.25) is 11.8 Å². The topological polar surface area (TPSA) is 98.2 Å². The van der Waals surface area contributed by atoms with Gasteiger partial charge in [0, 0.05) is 6.42 Å². The predicted molar refractivity (Wildman–Crippen MR) is 60.3 cm³/mol. The van der Waals surface area contributed by atoms with Crippen molar-refractivity contribution < 1.29 is 9.59 Å². The number of primary amides is 1. The summed E-state index contributed by atoms with van der Waals surface area (Å²) >= 11 is 0. The quantitative estimate of drug-likeness (QED) is 0.604. The summed E-state index contributed by atoms with van der Waals surface area (Å²) in [6.45, 7) is -0.154. The largest absolute Gasteiger partial charge is 0.368 e. The normalized spacial score (nSPS) is 11.8. The number of carbonyl (C=O) groups is 2. The number of amides is 2. The van der Waals surface area contributed by atoms with Gasteiger partial charge in [0.25, 0.3) is 0 Å². The second-order valence-corrected chi connectivity index (χ2v) is 3.42. The highest BCUT2D eigenvalue weighted by Gasteiger charge is 2.17. The van der Waals surface area contributed by atoms with Gasteiger partial charge in [0.05, 0.1) is 6.54 Å². The first-order chi connectivity index (χ1) is 7.63. The Labute approximate surface area is 93.8 Å². The average Bonchev–Trinajstić information content (AvgIpc) is 2.29. The minimum atomic E-state index is -0.710. The first-order valence-electron chi connectivity index (χ1n) is 4.96. The van der Waals surface area contributed by atoms with E-state index in [1.54, 1.807) is 0 Å². The zero-order valence-corrected chi connectivity index (χ0v) is 8.85. The van der Waals surface area contributed by atoms with E-state index in [9.17, 15) is 9.59 Å². The molecule has 0 bridgehead atoms. The highest BCUT2D eigenvalue weighted by atomic mass is 16.2. The Bertz CT molecular complexity index is 365. The lowest BCUT2D eigenvalue weighted by atomic mass is 10.1. The smallest absolute Gasteiger partial charge is 0.240 e. The number of carbonyl (C=O) groups excluding carboxylic acids is 2. The van der Waals surface area contributed by atoms with Crippen molar-refractivity contribution in [3.8, 4) is 0 Å². The van der Waals surface area contributed by atoms with E-state index in [1.807, 2.05) is 30.3 Å². The van der Waals surface area contributed by atoms with Crippen LogP contribution in [0.25, 0.3) is 0 Å². The average molecular weight is 221 g/mol. The fourth-order valence-corrected chi connectivity index (χ4v) is 1.33. The van der Waals surface area contributed by atoms with Crippen molar-refractivity contribution in [1.29, 1.82) is 0 Å². The molecule has 0 radical (unpaired) electrons. The molecule has 0 saturated carbocycles. The summed E-state index contributed by atoms with van der Waals surface area (Å²) in [5.74, 6) is -0.953. The van der Waals surface area contributed by atoms with E-state index in [1.165, 1.54) is 0 Å². The molecule has 0 aliphatic heterocycles. The molecule has 86 valence electrons. The summed E-state index contributed by atoms with van der Waals surface area (Å²) < 4.78 is 0. The standard InChI is InChI=1S/C11H15N3O2/c12-7-10(15)14-9(11(13)16)6-8-4-2-1-3-5-8/h1-5,9H,6-7,12H2,(H2,13,16)(H,14,15). The molecule has 5 heteroatoms. The van der Waals surface area contributed by atoms with Crippen LogP contribution in [0.3, 0.4) is 0 Å². The van der Waals surface area contributed by atoms with Crippen LogP contribution in [-0.4, -0.2) is 24.4 Å². The molecule has 0 aliphatic rings. The Hall–Kier alpha value is -1.88. The molecular formula is C11H15N3O2. The molecule has 1 atom stereocenters. The third-order valence-electron chi connectivity index (χ3n) is 2.15. The molecule has 1 aromatic carbocycles. The van der Waals surface area contributed by atoms with E-state index in [0.29, 0.717) is 6.42 Å². The van der Waals surface area contributed by atoms with Crippen molar-refractivity contribution in [2.75, 3.05) is 6.54 Å². The molecule has 0 aliphatic carbocycles. The van der Waals surface area contributed by atoms with Crippen LogP contribution in [0.2, 0.25) is 0 Å². The Morgan fingerprint density at radius 1 is 1.25 bits per heavy atom. The Kier molecular flexibility index (Phi) is 4.47. The second-order valence-electron chi connectivity index (χ2n) is 3.42.